The minimum Gasteiger partial charge on any atom is -0.394 e. The molecule has 1 aromatic rings. The van der Waals surface area contributed by atoms with E-state index in [4.69, 9.17) is 0 Å². The number of hydrogen-bond acceptors (Lipinski definition) is 4. The first-order valence-electron chi connectivity index (χ1n) is 5.76. The molecule has 0 aromatic heterocycles. The standard InChI is InChI=1S/C13H16N2OS/c1-17-13-6-2-5-12(11(13)8-14)15-7-3-4-10(15)9-16/h2,5-6,10,16H,3-4,7,9H2,1H3. The smallest absolute Gasteiger partial charge is 0.103 e. The van der Waals surface area contributed by atoms with Gasteiger partial charge in [-0.1, -0.05) is 6.07 Å². The number of rotatable bonds is 3. The molecule has 1 heterocycles. The Labute approximate surface area is 106 Å². The number of hydrogen-bond donors (Lipinski definition) is 1. The van der Waals surface area contributed by atoms with Crippen molar-refractivity contribution in [3.05, 3.63) is 23.8 Å². The van der Waals surface area contributed by atoms with E-state index >= 15 is 0 Å². The predicted octanol–water partition coefficient (Wildman–Crippen LogP) is 2.24. The summed E-state index contributed by atoms with van der Waals surface area (Å²) in [4.78, 5) is 3.17. The van der Waals surface area contributed by atoms with Gasteiger partial charge in [0.25, 0.3) is 0 Å². The third kappa shape index (κ3) is 2.26. The summed E-state index contributed by atoms with van der Waals surface area (Å²) in [5.41, 5.74) is 1.70. The van der Waals surface area contributed by atoms with Crippen LogP contribution in [0, 0.1) is 11.3 Å². The Kier molecular flexibility index (Phi) is 3.93. The SMILES string of the molecule is CSc1cccc(N2CCCC2CO)c1C#N. The van der Waals surface area contributed by atoms with E-state index in [0.29, 0.717) is 0 Å². The third-order valence-corrected chi connectivity index (χ3v) is 4.01. The molecule has 0 spiro atoms. The van der Waals surface area contributed by atoms with Crippen LogP contribution in [0.4, 0.5) is 5.69 Å². The highest BCUT2D eigenvalue weighted by Gasteiger charge is 2.26. The normalized spacial score (nSPS) is 19.4. The van der Waals surface area contributed by atoms with Crippen LogP contribution in [0.3, 0.4) is 0 Å². The third-order valence-electron chi connectivity index (χ3n) is 3.23. The zero-order valence-corrected chi connectivity index (χ0v) is 10.7. The molecule has 1 aromatic carbocycles. The molecule has 0 saturated carbocycles. The molecule has 4 heteroatoms. The molecule has 1 unspecified atom stereocenters. The van der Waals surface area contributed by atoms with Gasteiger partial charge >= 0.3 is 0 Å². The zero-order chi connectivity index (χ0) is 12.3. The molecule has 1 atom stereocenters. The van der Waals surface area contributed by atoms with Crippen molar-refractivity contribution in [3.63, 3.8) is 0 Å². The molecule has 1 aliphatic heterocycles. The average Bonchev–Trinajstić information content (AvgIpc) is 2.85. The number of thioether (sulfide) groups is 1. The maximum atomic E-state index is 9.36. The number of anilines is 1. The lowest BCUT2D eigenvalue weighted by atomic mass is 10.1. The van der Waals surface area contributed by atoms with E-state index in [1.807, 2.05) is 24.5 Å². The molecule has 0 amide bonds. The molecule has 90 valence electrons. The van der Waals surface area contributed by atoms with Crippen LogP contribution in [0.1, 0.15) is 18.4 Å². The Morgan fingerprint density at radius 1 is 1.59 bits per heavy atom. The van der Waals surface area contributed by atoms with Crippen molar-refractivity contribution in [2.24, 2.45) is 0 Å². The van der Waals surface area contributed by atoms with Crippen molar-refractivity contribution in [1.82, 2.24) is 0 Å². The minimum absolute atomic E-state index is 0.161. The highest BCUT2D eigenvalue weighted by Crippen LogP contribution is 2.33. The maximum absolute atomic E-state index is 9.36. The van der Waals surface area contributed by atoms with E-state index in [9.17, 15) is 10.4 Å². The number of nitriles is 1. The monoisotopic (exact) mass is 248 g/mol. The molecule has 1 fully saturated rings. The molecule has 0 radical (unpaired) electrons. The Hall–Kier alpha value is -1.18. The van der Waals surface area contributed by atoms with E-state index in [1.165, 1.54) is 0 Å². The van der Waals surface area contributed by atoms with E-state index < -0.39 is 0 Å². The molecular weight excluding hydrogens is 232 g/mol. The van der Waals surface area contributed by atoms with Crippen molar-refractivity contribution in [1.29, 1.82) is 5.26 Å². The molecular formula is C13H16N2OS. The molecule has 2 rings (SSSR count). The lowest BCUT2D eigenvalue weighted by Crippen LogP contribution is -2.32. The van der Waals surface area contributed by atoms with Gasteiger partial charge in [0.05, 0.1) is 23.9 Å². The number of benzene rings is 1. The van der Waals surface area contributed by atoms with E-state index in [2.05, 4.69) is 11.0 Å². The van der Waals surface area contributed by atoms with Crippen LogP contribution in [0.25, 0.3) is 0 Å². The van der Waals surface area contributed by atoms with Crippen molar-refractivity contribution in [3.8, 4) is 6.07 Å². The maximum Gasteiger partial charge on any atom is 0.103 e. The summed E-state index contributed by atoms with van der Waals surface area (Å²) in [5.74, 6) is 0. The van der Waals surface area contributed by atoms with Gasteiger partial charge in [-0.3, -0.25) is 0 Å². The summed E-state index contributed by atoms with van der Waals surface area (Å²) in [6, 6.07) is 8.39. The summed E-state index contributed by atoms with van der Waals surface area (Å²) >= 11 is 1.59. The summed E-state index contributed by atoms with van der Waals surface area (Å²) in [5, 5.41) is 18.7. The van der Waals surface area contributed by atoms with E-state index in [0.717, 1.165) is 35.5 Å². The van der Waals surface area contributed by atoms with Crippen LogP contribution in [0.15, 0.2) is 23.1 Å². The van der Waals surface area contributed by atoms with Gasteiger partial charge in [-0.25, -0.2) is 0 Å². The van der Waals surface area contributed by atoms with Crippen LogP contribution < -0.4 is 4.90 Å². The minimum atomic E-state index is 0.161. The molecule has 0 bridgehead atoms. The Bertz CT molecular complexity index is 442. The first-order chi connectivity index (χ1) is 8.31. The summed E-state index contributed by atoms with van der Waals surface area (Å²) < 4.78 is 0. The molecule has 1 N–H and O–H groups in total. The van der Waals surface area contributed by atoms with Gasteiger partial charge in [0.2, 0.25) is 0 Å². The fraction of sp³-hybridized carbons (Fsp3) is 0.462. The fourth-order valence-corrected chi connectivity index (χ4v) is 2.95. The van der Waals surface area contributed by atoms with Gasteiger partial charge in [-0.05, 0) is 31.2 Å². The van der Waals surface area contributed by atoms with Crippen molar-refractivity contribution >= 4 is 17.4 Å². The molecule has 3 nitrogen and oxygen atoms in total. The van der Waals surface area contributed by atoms with E-state index in [-0.39, 0.29) is 12.6 Å². The van der Waals surface area contributed by atoms with Crippen molar-refractivity contribution in [2.75, 3.05) is 24.3 Å². The van der Waals surface area contributed by atoms with Gasteiger partial charge in [-0.2, -0.15) is 5.26 Å². The van der Waals surface area contributed by atoms with Gasteiger partial charge < -0.3 is 10.0 Å². The van der Waals surface area contributed by atoms with Gasteiger partial charge in [0.15, 0.2) is 0 Å². The average molecular weight is 248 g/mol. The molecule has 1 aliphatic rings. The second-order valence-corrected chi connectivity index (χ2v) is 4.99. The van der Waals surface area contributed by atoms with Crippen molar-refractivity contribution < 1.29 is 5.11 Å². The van der Waals surface area contributed by atoms with Crippen LogP contribution in [0.2, 0.25) is 0 Å². The van der Waals surface area contributed by atoms with Crippen LogP contribution in [0.5, 0.6) is 0 Å². The summed E-state index contributed by atoms with van der Waals surface area (Å²) in [7, 11) is 0. The quantitative estimate of drug-likeness (QED) is 0.833. The summed E-state index contributed by atoms with van der Waals surface area (Å²) in [6.45, 7) is 1.09. The zero-order valence-electron chi connectivity index (χ0n) is 9.89. The first-order valence-corrected chi connectivity index (χ1v) is 6.99. The van der Waals surface area contributed by atoms with Crippen LogP contribution in [-0.2, 0) is 0 Å². The Morgan fingerprint density at radius 2 is 2.41 bits per heavy atom. The molecule has 0 aliphatic carbocycles. The Morgan fingerprint density at radius 3 is 3.06 bits per heavy atom. The largest absolute Gasteiger partial charge is 0.394 e. The van der Waals surface area contributed by atoms with Gasteiger partial charge in [-0.15, -0.1) is 11.8 Å². The first kappa shape index (κ1) is 12.3. The number of aliphatic hydroxyl groups is 1. The second kappa shape index (κ2) is 5.44. The van der Waals surface area contributed by atoms with Crippen molar-refractivity contribution in [2.45, 2.75) is 23.8 Å². The topological polar surface area (TPSA) is 47.3 Å². The summed E-state index contributed by atoms with van der Waals surface area (Å²) in [6.07, 6.45) is 4.07. The second-order valence-electron chi connectivity index (χ2n) is 4.14. The fourth-order valence-electron chi connectivity index (χ4n) is 2.38. The van der Waals surface area contributed by atoms with Crippen LogP contribution >= 0.6 is 11.8 Å². The molecule has 1 saturated heterocycles. The lowest BCUT2D eigenvalue weighted by molar-refractivity contribution is 0.266. The van der Waals surface area contributed by atoms with E-state index in [1.54, 1.807) is 11.8 Å². The number of nitrogens with zero attached hydrogens (tertiary/aromatic N) is 2. The highest BCUT2D eigenvalue weighted by atomic mass is 32.2. The lowest BCUT2D eigenvalue weighted by Gasteiger charge is -2.26. The molecule has 17 heavy (non-hydrogen) atoms. The van der Waals surface area contributed by atoms with Gasteiger partial charge in [0.1, 0.15) is 6.07 Å². The highest BCUT2D eigenvalue weighted by molar-refractivity contribution is 7.98. The van der Waals surface area contributed by atoms with Crippen LogP contribution in [-0.4, -0.2) is 30.6 Å². The van der Waals surface area contributed by atoms with Gasteiger partial charge in [0, 0.05) is 11.4 Å². The number of aliphatic hydroxyl groups excluding tert-OH is 1. The predicted molar refractivity (Wildman–Crippen MR) is 70.4 cm³/mol. The Balaban J connectivity index is 2.41.